The summed E-state index contributed by atoms with van der Waals surface area (Å²) in [6.45, 7) is 2.76. The lowest BCUT2D eigenvalue weighted by Crippen LogP contribution is -2.40. The molecule has 16 heteroatoms. The third-order valence-corrected chi connectivity index (χ3v) is 6.91. The number of rotatable bonds is 10. The van der Waals surface area contributed by atoms with Gasteiger partial charge in [-0.05, 0) is 38.7 Å². The number of aromatic nitrogens is 2. The van der Waals surface area contributed by atoms with Crippen LogP contribution in [0.15, 0.2) is 22.1 Å². The molecule has 0 aliphatic heterocycles. The molecule has 1 aliphatic carbocycles. The van der Waals surface area contributed by atoms with Gasteiger partial charge in [0.2, 0.25) is 24.1 Å². The number of aliphatic imine (C=N–C) groups is 2. The fourth-order valence-electron chi connectivity index (χ4n) is 4.89. The number of imidazole rings is 1. The Kier molecular flexibility index (Phi) is 10.8. The number of nitrogens with two attached hydrogens (primary N) is 1. The van der Waals surface area contributed by atoms with Gasteiger partial charge in [0.05, 0.1) is 30.4 Å². The molecular formula is C27H34F7N7O2. The lowest BCUT2D eigenvalue weighted by Gasteiger charge is -2.33. The minimum Gasteiger partial charge on any atom is -0.390 e. The molecule has 43 heavy (non-hydrogen) atoms. The molecular weight excluding hydrogens is 587 g/mol. The van der Waals surface area contributed by atoms with Crippen LogP contribution in [0.2, 0.25) is 0 Å². The number of halogens is 7. The molecule has 5 N–H and O–H groups in total. The molecule has 1 aromatic carbocycles. The summed E-state index contributed by atoms with van der Waals surface area (Å²) in [4.78, 5) is 40.7. The Balaban J connectivity index is 2.03. The number of amidine groups is 1. The van der Waals surface area contributed by atoms with E-state index in [0.29, 0.717) is 6.92 Å². The summed E-state index contributed by atoms with van der Waals surface area (Å²) in [5, 5.41) is 4.55. The predicted octanol–water partition coefficient (Wildman–Crippen LogP) is 4.99. The molecule has 3 rings (SSSR count). The van der Waals surface area contributed by atoms with Crippen molar-refractivity contribution in [3.8, 4) is 0 Å². The molecule has 9 nitrogen and oxygen atoms in total. The van der Waals surface area contributed by atoms with E-state index in [9.17, 15) is 35.9 Å². The number of benzene rings is 1. The number of amides is 2. The fourth-order valence-corrected chi connectivity index (χ4v) is 4.89. The highest BCUT2D eigenvalue weighted by Crippen LogP contribution is 2.41. The normalized spacial score (nSPS) is 18.0. The van der Waals surface area contributed by atoms with Gasteiger partial charge in [0.25, 0.3) is 11.8 Å². The summed E-state index contributed by atoms with van der Waals surface area (Å²) in [6.07, 6.45) is -4.30. The van der Waals surface area contributed by atoms with Gasteiger partial charge in [-0.3, -0.25) is 14.6 Å². The Morgan fingerprint density at radius 1 is 1.23 bits per heavy atom. The van der Waals surface area contributed by atoms with E-state index in [1.165, 1.54) is 6.07 Å². The highest BCUT2D eigenvalue weighted by Gasteiger charge is 2.40. The van der Waals surface area contributed by atoms with Crippen LogP contribution in [0.4, 0.5) is 30.7 Å². The number of H-pyrrole nitrogens is 1. The van der Waals surface area contributed by atoms with E-state index >= 15 is 4.39 Å². The van der Waals surface area contributed by atoms with E-state index < -0.39 is 85.2 Å². The number of carbonyl (C=O) groups is 2. The second kappa shape index (κ2) is 13.7. The van der Waals surface area contributed by atoms with E-state index in [1.54, 1.807) is 13.8 Å². The zero-order valence-electron chi connectivity index (χ0n) is 23.7. The van der Waals surface area contributed by atoms with Gasteiger partial charge in [-0.2, -0.15) is 0 Å². The summed E-state index contributed by atoms with van der Waals surface area (Å²) in [6, 6.07) is 0.935. The number of aromatic amines is 1. The zero-order chi connectivity index (χ0) is 32.1. The van der Waals surface area contributed by atoms with Gasteiger partial charge >= 0.3 is 0 Å². The van der Waals surface area contributed by atoms with Crippen LogP contribution in [0.5, 0.6) is 0 Å². The van der Waals surface area contributed by atoms with Gasteiger partial charge in [-0.25, -0.2) is 40.7 Å². The Morgan fingerprint density at radius 2 is 1.88 bits per heavy atom. The van der Waals surface area contributed by atoms with Crippen molar-refractivity contribution in [2.45, 2.75) is 89.1 Å². The van der Waals surface area contributed by atoms with Gasteiger partial charge in [-0.1, -0.05) is 6.07 Å². The maximum atomic E-state index is 15.8. The minimum atomic E-state index is -3.33. The zero-order valence-corrected chi connectivity index (χ0v) is 23.7. The average molecular weight is 622 g/mol. The highest BCUT2D eigenvalue weighted by molar-refractivity contribution is 6.39. The van der Waals surface area contributed by atoms with Crippen molar-refractivity contribution in [2.75, 3.05) is 6.54 Å². The van der Waals surface area contributed by atoms with Crippen LogP contribution < -0.4 is 16.4 Å². The Hall–Kier alpha value is -3.72. The molecule has 0 bridgehead atoms. The molecule has 1 fully saturated rings. The lowest BCUT2D eigenvalue weighted by atomic mass is 9.81. The second-order valence-electron chi connectivity index (χ2n) is 10.9. The van der Waals surface area contributed by atoms with Gasteiger partial charge in [0.15, 0.2) is 5.82 Å². The van der Waals surface area contributed by atoms with Gasteiger partial charge in [0, 0.05) is 37.8 Å². The predicted molar refractivity (Wildman–Crippen MR) is 146 cm³/mol. The van der Waals surface area contributed by atoms with Crippen LogP contribution in [0.25, 0.3) is 11.0 Å². The summed E-state index contributed by atoms with van der Waals surface area (Å²) in [5.74, 6) is -12.1. The Labute approximate surface area is 243 Å². The molecule has 2 atom stereocenters. The van der Waals surface area contributed by atoms with Crippen molar-refractivity contribution in [3.63, 3.8) is 0 Å². The summed E-state index contributed by atoms with van der Waals surface area (Å²) >= 11 is 0. The molecule has 0 saturated heterocycles. The van der Waals surface area contributed by atoms with E-state index in [1.807, 2.05) is 5.32 Å². The largest absolute Gasteiger partial charge is 0.390 e. The van der Waals surface area contributed by atoms with Crippen LogP contribution in [-0.2, 0) is 9.59 Å². The SMILES string of the molecule is CC(C)N=C(N=CN)C(=O)N[C@H](c1nc2c(F)c([C@H](CC(F)F)C(=O)NCC(C)(F)F)ccc2[nH]1)C1CCC(F)(F)CC1. The lowest BCUT2D eigenvalue weighted by molar-refractivity contribution is -0.125. The fraction of sp³-hybridized carbons (Fsp3) is 0.593. The molecule has 2 aromatic rings. The number of fused-ring (bicyclic) bond motifs is 1. The van der Waals surface area contributed by atoms with Gasteiger partial charge in [-0.15, -0.1) is 0 Å². The smallest absolute Gasteiger partial charge is 0.289 e. The molecule has 1 aromatic heterocycles. The van der Waals surface area contributed by atoms with Crippen LogP contribution in [0, 0.1) is 11.7 Å². The van der Waals surface area contributed by atoms with Crippen LogP contribution >= 0.6 is 0 Å². The van der Waals surface area contributed by atoms with Gasteiger partial charge in [0.1, 0.15) is 11.3 Å². The number of nitrogens with one attached hydrogen (secondary N) is 3. The van der Waals surface area contributed by atoms with E-state index in [2.05, 4.69) is 25.3 Å². The third-order valence-electron chi connectivity index (χ3n) is 6.91. The first-order valence-electron chi connectivity index (χ1n) is 13.6. The molecule has 1 saturated carbocycles. The molecule has 238 valence electrons. The molecule has 1 heterocycles. The Morgan fingerprint density at radius 3 is 2.44 bits per heavy atom. The maximum Gasteiger partial charge on any atom is 0.289 e. The summed E-state index contributed by atoms with van der Waals surface area (Å²) in [7, 11) is 0. The molecule has 0 radical (unpaired) electrons. The van der Waals surface area contributed by atoms with Crippen LogP contribution in [0.3, 0.4) is 0 Å². The van der Waals surface area contributed by atoms with Crippen molar-refractivity contribution in [1.82, 2.24) is 20.6 Å². The van der Waals surface area contributed by atoms with Crippen molar-refractivity contribution >= 4 is 35.0 Å². The number of carbonyl (C=O) groups excluding carboxylic acids is 2. The first-order valence-corrected chi connectivity index (χ1v) is 13.6. The molecule has 0 spiro atoms. The van der Waals surface area contributed by atoms with Crippen LogP contribution in [0.1, 0.15) is 76.2 Å². The second-order valence-corrected chi connectivity index (χ2v) is 10.9. The van der Waals surface area contributed by atoms with Gasteiger partial charge < -0.3 is 21.4 Å². The number of nitrogens with zero attached hydrogens (tertiary/aromatic N) is 3. The van der Waals surface area contributed by atoms with Crippen molar-refractivity contribution < 1.29 is 40.3 Å². The van der Waals surface area contributed by atoms with E-state index in [4.69, 9.17) is 5.73 Å². The molecule has 1 aliphatic rings. The number of hydrogen-bond acceptors (Lipinski definition) is 4. The average Bonchev–Trinajstić information content (AvgIpc) is 3.34. The highest BCUT2D eigenvalue weighted by atomic mass is 19.3. The summed E-state index contributed by atoms with van der Waals surface area (Å²) in [5.41, 5.74) is 4.53. The monoisotopic (exact) mass is 621 g/mol. The topological polar surface area (TPSA) is 138 Å². The summed E-state index contributed by atoms with van der Waals surface area (Å²) < 4.78 is 96.9. The molecule has 0 unspecified atom stereocenters. The Bertz CT molecular complexity index is 1350. The standard InChI is InChI=1S/C27H34F7N7O2/c1-13(2)38-23(37-12-35)25(43)41-20(14-6-8-27(33,34)9-7-14)22-39-17-5-4-15(19(30)21(17)40-22)16(10-18(28)29)24(42)36-11-26(3,31)32/h4-5,12-14,16,18,20H,6-11H2,1-3H3,(H,36,42)(H,39,40)(H,41,43)(H2,35,37,38)/t16-,20-/m0/s1. The van der Waals surface area contributed by atoms with E-state index in [-0.39, 0.29) is 41.6 Å². The quantitative estimate of drug-likeness (QED) is 0.169. The third kappa shape index (κ3) is 9.13. The number of alkyl halides is 6. The van der Waals surface area contributed by atoms with Crippen LogP contribution in [-0.4, -0.2) is 64.8 Å². The van der Waals surface area contributed by atoms with Crippen molar-refractivity contribution in [1.29, 1.82) is 0 Å². The van der Waals surface area contributed by atoms with Crippen molar-refractivity contribution in [2.24, 2.45) is 21.6 Å². The minimum absolute atomic E-state index is 0.0156. The van der Waals surface area contributed by atoms with Crippen molar-refractivity contribution in [3.05, 3.63) is 29.3 Å². The molecule has 2 amide bonds. The number of hydrogen-bond donors (Lipinski definition) is 4. The maximum absolute atomic E-state index is 15.8. The van der Waals surface area contributed by atoms with E-state index in [0.717, 1.165) is 12.4 Å². The first kappa shape index (κ1) is 33.8. The first-order chi connectivity index (χ1) is 20.0.